The molecule has 0 aliphatic heterocycles. The predicted octanol–water partition coefficient (Wildman–Crippen LogP) is 0.889. The van der Waals surface area contributed by atoms with Crippen LogP contribution in [0.5, 0.6) is 5.88 Å². The van der Waals surface area contributed by atoms with Crippen LogP contribution in [0.25, 0.3) is 0 Å². The van der Waals surface area contributed by atoms with Crippen molar-refractivity contribution in [3.05, 3.63) is 21.9 Å². The fourth-order valence-electron chi connectivity index (χ4n) is 0.988. The Bertz CT molecular complexity index is 351. The molecule has 1 rings (SSSR count). The van der Waals surface area contributed by atoms with E-state index < -0.39 is 4.92 Å². The Labute approximate surface area is 74.5 Å². The molecule has 0 aliphatic carbocycles. The minimum Gasteiger partial charge on any atom is -0.476 e. The minimum absolute atomic E-state index is 0.0532. The van der Waals surface area contributed by atoms with E-state index in [0.29, 0.717) is 5.69 Å². The van der Waals surface area contributed by atoms with E-state index in [0.717, 1.165) is 0 Å². The highest BCUT2D eigenvalue weighted by molar-refractivity contribution is 5.63. The van der Waals surface area contributed by atoms with Crippen molar-refractivity contribution in [2.24, 2.45) is 0 Å². The fourth-order valence-corrected chi connectivity index (χ4v) is 0.988. The lowest BCUT2D eigenvalue weighted by atomic mass is 10.3. The number of nitro groups is 1. The molecular weight excluding hydrogens is 174 g/mol. The molecular formula is C7H9N3O3. The molecule has 0 unspecified atom stereocenters. The Hall–Kier alpha value is -1.85. The summed E-state index contributed by atoms with van der Waals surface area (Å²) in [4.78, 5) is 13.7. The number of rotatable bonds is 2. The third kappa shape index (κ3) is 1.66. The molecule has 0 amide bonds. The van der Waals surface area contributed by atoms with Crippen molar-refractivity contribution in [3.63, 3.8) is 0 Å². The molecule has 13 heavy (non-hydrogen) atoms. The second kappa shape index (κ2) is 3.26. The van der Waals surface area contributed by atoms with Crippen molar-refractivity contribution in [3.8, 4) is 5.88 Å². The molecule has 0 saturated carbocycles. The molecule has 0 aromatic carbocycles. The topological polar surface area (TPSA) is 91.3 Å². The summed E-state index contributed by atoms with van der Waals surface area (Å²) in [5.41, 5.74) is 5.80. The van der Waals surface area contributed by atoms with Crippen molar-refractivity contribution in [1.82, 2.24) is 4.98 Å². The standard InChI is InChI=1S/C7H9N3O3/c1-4-3-5(8)6(10(11)12)7(9-4)13-2/h3H,1-2H3,(H2,8,9). The fraction of sp³-hybridized carbons (Fsp3) is 0.286. The Balaban J connectivity index is 3.38. The van der Waals surface area contributed by atoms with Gasteiger partial charge in [-0.05, 0) is 13.0 Å². The van der Waals surface area contributed by atoms with Crippen molar-refractivity contribution in [2.45, 2.75) is 6.92 Å². The van der Waals surface area contributed by atoms with E-state index in [4.69, 9.17) is 10.5 Å². The minimum atomic E-state index is -0.611. The number of methoxy groups -OCH3 is 1. The van der Waals surface area contributed by atoms with Gasteiger partial charge in [0.1, 0.15) is 5.69 Å². The van der Waals surface area contributed by atoms with Crippen LogP contribution in [0.3, 0.4) is 0 Å². The molecule has 0 spiro atoms. The monoisotopic (exact) mass is 183 g/mol. The van der Waals surface area contributed by atoms with Gasteiger partial charge in [-0.15, -0.1) is 0 Å². The summed E-state index contributed by atoms with van der Waals surface area (Å²) in [6, 6.07) is 1.43. The largest absolute Gasteiger partial charge is 0.476 e. The van der Waals surface area contributed by atoms with Crippen LogP contribution in [0.15, 0.2) is 6.07 Å². The molecule has 6 nitrogen and oxygen atoms in total. The third-order valence-corrected chi connectivity index (χ3v) is 1.49. The highest BCUT2D eigenvalue weighted by Crippen LogP contribution is 2.30. The smallest absolute Gasteiger partial charge is 0.353 e. The van der Waals surface area contributed by atoms with Gasteiger partial charge in [0, 0.05) is 5.69 Å². The first-order chi connectivity index (χ1) is 6.06. The van der Waals surface area contributed by atoms with Crippen LogP contribution in [-0.2, 0) is 0 Å². The van der Waals surface area contributed by atoms with Gasteiger partial charge in [-0.2, -0.15) is 0 Å². The molecule has 0 radical (unpaired) electrons. The number of aryl methyl sites for hydroxylation is 1. The number of ether oxygens (including phenoxy) is 1. The van der Waals surface area contributed by atoms with Gasteiger partial charge >= 0.3 is 5.69 Å². The van der Waals surface area contributed by atoms with E-state index in [1.54, 1.807) is 6.92 Å². The maximum Gasteiger partial charge on any atom is 0.353 e. The summed E-state index contributed by atoms with van der Waals surface area (Å²) in [5.74, 6) is -0.0532. The average molecular weight is 183 g/mol. The zero-order chi connectivity index (χ0) is 10.0. The summed E-state index contributed by atoms with van der Waals surface area (Å²) >= 11 is 0. The molecule has 1 heterocycles. The number of aromatic nitrogens is 1. The van der Waals surface area contributed by atoms with E-state index in [9.17, 15) is 10.1 Å². The van der Waals surface area contributed by atoms with Gasteiger partial charge in [-0.1, -0.05) is 0 Å². The number of hydrogen-bond donors (Lipinski definition) is 1. The molecule has 1 aromatic heterocycles. The molecule has 1 aromatic rings. The van der Waals surface area contributed by atoms with Gasteiger partial charge in [0.2, 0.25) is 0 Å². The third-order valence-electron chi connectivity index (χ3n) is 1.49. The maximum absolute atomic E-state index is 10.5. The van der Waals surface area contributed by atoms with Crippen LogP contribution in [0.1, 0.15) is 5.69 Å². The molecule has 0 aliphatic rings. The summed E-state index contributed by atoms with van der Waals surface area (Å²) in [5, 5.41) is 10.5. The van der Waals surface area contributed by atoms with E-state index in [2.05, 4.69) is 4.98 Å². The lowest BCUT2D eigenvalue weighted by Crippen LogP contribution is -2.02. The van der Waals surface area contributed by atoms with Crippen LogP contribution >= 0.6 is 0 Å². The summed E-state index contributed by atoms with van der Waals surface area (Å²) in [6.07, 6.45) is 0. The summed E-state index contributed by atoms with van der Waals surface area (Å²) < 4.78 is 4.74. The molecule has 0 bridgehead atoms. The Morgan fingerprint density at radius 2 is 2.31 bits per heavy atom. The second-order valence-corrected chi connectivity index (χ2v) is 2.47. The molecule has 70 valence electrons. The zero-order valence-corrected chi connectivity index (χ0v) is 7.27. The van der Waals surface area contributed by atoms with Crippen LogP contribution < -0.4 is 10.5 Å². The molecule has 0 saturated heterocycles. The van der Waals surface area contributed by atoms with Gasteiger partial charge in [0.25, 0.3) is 5.88 Å². The second-order valence-electron chi connectivity index (χ2n) is 2.47. The number of pyridine rings is 1. The average Bonchev–Trinajstić information content (AvgIpc) is 2.01. The summed E-state index contributed by atoms with van der Waals surface area (Å²) in [7, 11) is 1.31. The normalized spacial score (nSPS) is 9.69. The van der Waals surface area contributed by atoms with E-state index in [-0.39, 0.29) is 17.3 Å². The zero-order valence-electron chi connectivity index (χ0n) is 7.27. The predicted molar refractivity (Wildman–Crippen MR) is 46.6 cm³/mol. The lowest BCUT2D eigenvalue weighted by molar-refractivity contribution is -0.385. The highest BCUT2D eigenvalue weighted by atomic mass is 16.6. The van der Waals surface area contributed by atoms with Crippen molar-refractivity contribution >= 4 is 11.4 Å². The molecule has 0 atom stereocenters. The number of nitrogens with two attached hydrogens (primary N) is 1. The van der Waals surface area contributed by atoms with Gasteiger partial charge in [-0.3, -0.25) is 10.1 Å². The van der Waals surface area contributed by atoms with Crippen molar-refractivity contribution in [1.29, 1.82) is 0 Å². The van der Waals surface area contributed by atoms with Crippen LogP contribution in [0.4, 0.5) is 11.4 Å². The lowest BCUT2D eigenvalue weighted by Gasteiger charge is -2.03. The quantitative estimate of drug-likeness (QED) is 0.543. The molecule has 6 heteroatoms. The number of anilines is 1. The maximum atomic E-state index is 10.5. The molecule has 0 fully saturated rings. The first-order valence-corrected chi connectivity index (χ1v) is 3.51. The van der Waals surface area contributed by atoms with Crippen molar-refractivity contribution in [2.75, 3.05) is 12.8 Å². The van der Waals surface area contributed by atoms with Crippen LogP contribution in [-0.4, -0.2) is 17.0 Å². The Morgan fingerprint density at radius 3 is 2.77 bits per heavy atom. The van der Waals surface area contributed by atoms with E-state index >= 15 is 0 Å². The van der Waals surface area contributed by atoms with Gasteiger partial charge < -0.3 is 10.5 Å². The van der Waals surface area contributed by atoms with Crippen molar-refractivity contribution < 1.29 is 9.66 Å². The van der Waals surface area contributed by atoms with Crippen LogP contribution in [0, 0.1) is 17.0 Å². The number of hydrogen-bond acceptors (Lipinski definition) is 5. The Kier molecular flexibility index (Phi) is 2.32. The first kappa shape index (κ1) is 9.24. The number of nitrogen functional groups attached to an aromatic ring is 1. The highest BCUT2D eigenvalue weighted by Gasteiger charge is 2.20. The SMILES string of the molecule is COc1nc(C)cc(N)c1[N+](=O)[O-]. The van der Waals surface area contributed by atoms with Gasteiger partial charge in [0.05, 0.1) is 12.0 Å². The number of nitrogens with zero attached hydrogens (tertiary/aromatic N) is 2. The Morgan fingerprint density at radius 1 is 1.69 bits per heavy atom. The van der Waals surface area contributed by atoms with Gasteiger partial charge in [-0.25, -0.2) is 4.98 Å². The summed E-state index contributed by atoms with van der Waals surface area (Å²) in [6.45, 7) is 1.68. The van der Waals surface area contributed by atoms with Crippen LogP contribution in [0.2, 0.25) is 0 Å². The molecule has 2 N–H and O–H groups in total. The van der Waals surface area contributed by atoms with Gasteiger partial charge in [0.15, 0.2) is 0 Å². The first-order valence-electron chi connectivity index (χ1n) is 3.51. The van der Waals surface area contributed by atoms with E-state index in [1.165, 1.54) is 13.2 Å². The van der Waals surface area contributed by atoms with E-state index in [1.807, 2.05) is 0 Å².